The van der Waals surface area contributed by atoms with Gasteiger partial charge in [0.25, 0.3) is 5.91 Å². The first-order chi connectivity index (χ1) is 6.69. The SMILES string of the molecule is CCn1cc(C(=O)NCCN)c(C)n1. The van der Waals surface area contributed by atoms with Crippen LogP contribution < -0.4 is 11.1 Å². The molecule has 1 aromatic rings. The molecule has 0 aliphatic rings. The zero-order chi connectivity index (χ0) is 10.6. The third-order valence-electron chi connectivity index (χ3n) is 1.94. The number of hydrogen-bond acceptors (Lipinski definition) is 3. The number of aryl methyl sites for hydroxylation is 2. The van der Waals surface area contributed by atoms with Crippen LogP contribution in [0, 0.1) is 6.92 Å². The van der Waals surface area contributed by atoms with Crippen molar-refractivity contribution in [2.45, 2.75) is 20.4 Å². The summed E-state index contributed by atoms with van der Waals surface area (Å²) >= 11 is 0. The lowest BCUT2D eigenvalue weighted by Crippen LogP contribution is -2.29. The fraction of sp³-hybridized carbons (Fsp3) is 0.556. The van der Waals surface area contributed by atoms with E-state index in [1.165, 1.54) is 0 Å². The van der Waals surface area contributed by atoms with Gasteiger partial charge >= 0.3 is 0 Å². The Hall–Kier alpha value is -1.36. The van der Waals surface area contributed by atoms with Gasteiger partial charge < -0.3 is 11.1 Å². The number of carbonyl (C=O) groups is 1. The normalized spacial score (nSPS) is 10.2. The molecular formula is C9H16N4O. The molecule has 0 fully saturated rings. The molecule has 1 heterocycles. The molecule has 3 N–H and O–H groups in total. The third-order valence-corrected chi connectivity index (χ3v) is 1.94. The zero-order valence-electron chi connectivity index (χ0n) is 8.58. The molecule has 0 spiro atoms. The highest BCUT2D eigenvalue weighted by atomic mass is 16.1. The van der Waals surface area contributed by atoms with E-state index in [-0.39, 0.29) is 5.91 Å². The number of carbonyl (C=O) groups excluding carboxylic acids is 1. The van der Waals surface area contributed by atoms with E-state index >= 15 is 0 Å². The van der Waals surface area contributed by atoms with Gasteiger partial charge in [0.1, 0.15) is 0 Å². The van der Waals surface area contributed by atoms with Gasteiger partial charge in [0, 0.05) is 25.8 Å². The lowest BCUT2D eigenvalue weighted by atomic mass is 10.2. The number of nitrogens with two attached hydrogens (primary N) is 1. The highest BCUT2D eigenvalue weighted by molar-refractivity contribution is 5.94. The van der Waals surface area contributed by atoms with Crippen LogP contribution in [0.3, 0.4) is 0 Å². The van der Waals surface area contributed by atoms with E-state index in [0.29, 0.717) is 18.7 Å². The van der Waals surface area contributed by atoms with E-state index in [1.54, 1.807) is 10.9 Å². The quantitative estimate of drug-likeness (QED) is 0.706. The number of amides is 1. The van der Waals surface area contributed by atoms with Crippen LogP contribution >= 0.6 is 0 Å². The first kappa shape index (κ1) is 10.7. The van der Waals surface area contributed by atoms with Crippen LogP contribution in [-0.2, 0) is 6.54 Å². The lowest BCUT2D eigenvalue weighted by molar-refractivity contribution is 0.0954. The Morgan fingerprint density at radius 2 is 2.43 bits per heavy atom. The zero-order valence-corrected chi connectivity index (χ0v) is 8.58. The van der Waals surface area contributed by atoms with Crippen LogP contribution in [0.25, 0.3) is 0 Å². The maximum atomic E-state index is 11.5. The number of nitrogens with one attached hydrogen (secondary N) is 1. The van der Waals surface area contributed by atoms with Crippen molar-refractivity contribution in [3.63, 3.8) is 0 Å². The maximum absolute atomic E-state index is 11.5. The second kappa shape index (κ2) is 4.76. The van der Waals surface area contributed by atoms with E-state index in [2.05, 4.69) is 10.4 Å². The molecule has 1 amide bonds. The summed E-state index contributed by atoms with van der Waals surface area (Å²) in [4.78, 5) is 11.5. The highest BCUT2D eigenvalue weighted by Crippen LogP contribution is 2.04. The minimum Gasteiger partial charge on any atom is -0.351 e. The molecule has 5 nitrogen and oxygen atoms in total. The standard InChI is InChI=1S/C9H16N4O/c1-3-13-6-8(7(2)12-13)9(14)11-5-4-10/h6H,3-5,10H2,1-2H3,(H,11,14). The fourth-order valence-corrected chi connectivity index (χ4v) is 1.18. The van der Waals surface area contributed by atoms with Gasteiger partial charge in [-0.2, -0.15) is 5.10 Å². The maximum Gasteiger partial charge on any atom is 0.254 e. The molecule has 0 aromatic carbocycles. The molecule has 0 aliphatic heterocycles. The van der Waals surface area contributed by atoms with Gasteiger partial charge in [-0.1, -0.05) is 0 Å². The molecule has 5 heteroatoms. The van der Waals surface area contributed by atoms with Crippen molar-refractivity contribution in [3.8, 4) is 0 Å². The average Bonchev–Trinajstić information content (AvgIpc) is 2.56. The van der Waals surface area contributed by atoms with E-state index in [9.17, 15) is 4.79 Å². The summed E-state index contributed by atoms with van der Waals surface area (Å²) in [6, 6.07) is 0. The Bertz CT molecular complexity index is 319. The van der Waals surface area contributed by atoms with E-state index in [1.807, 2.05) is 13.8 Å². The number of hydrogen-bond donors (Lipinski definition) is 2. The van der Waals surface area contributed by atoms with Crippen LogP contribution in [0.5, 0.6) is 0 Å². The molecule has 0 aliphatic carbocycles. The van der Waals surface area contributed by atoms with Crippen molar-refractivity contribution in [1.29, 1.82) is 0 Å². The Kier molecular flexibility index (Phi) is 3.64. The first-order valence-electron chi connectivity index (χ1n) is 4.71. The van der Waals surface area contributed by atoms with Crippen molar-refractivity contribution in [1.82, 2.24) is 15.1 Å². The molecular weight excluding hydrogens is 180 g/mol. The number of aromatic nitrogens is 2. The summed E-state index contributed by atoms with van der Waals surface area (Å²) in [6.07, 6.45) is 1.75. The molecule has 0 atom stereocenters. The lowest BCUT2D eigenvalue weighted by Gasteiger charge is -2.00. The van der Waals surface area contributed by atoms with E-state index in [4.69, 9.17) is 5.73 Å². The van der Waals surface area contributed by atoms with Crippen molar-refractivity contribution in [2.24, 2.45) is 5.73 Å². The van der Waals surface area contributed by atoms with Crippen molar-refractivity contribution in [2.75, 3.05) is 13.1 Å². The fourth-order valence-electron chi connectivity index (χ4n) is 1.18. The summed E-state index contributed by atoms with van der Waals surface area (Å²) in [5.41, 5.74) is 6.67. The predicted octanol–water partition coefficient (Wildman–Crippen LogP) is -0.100. The molecule has 78 valence electrons. The molecule has 14 heavy (non-hydrogen) atoms. The molecule has 0 saturated carbocycles. The van der Waals surface area contributed by atoms with Crippen molar-refractivity contribution >= 4 is 5.91 Å². The predicted molar refractivity (Wildman–Crippen MR) is 54.0 cm³/mol. The second-order valence-corrected chi connectivity index (χ2v) is 3.03. The summed E-state index contributed by atoms with van der Waals surface area (Å²) < 4.78 is 1.74. The van der Waals surface area contributed by atoms with Gasteiger partial charge in [-0.05, 0) is 13.8 Å². The van der Waals surface area contributed by atoms with Crippen LogP contribution in [0.15, 0.2) is 6.20 Å². The summed E-state index contributed by atoms with van der Waals surface area (Å²) in [6.45, 7) is 5.52. The van der Waals surface area contributed by atoms with Crippen LogP contribution in [-0.4, -0.2) is 28.8 Å². The third kappa shape index (κ3) is 2.32. The molecule has 0 bridgehead atoms. The first-order valence-corrected chi connectivity index (χ1v) is 4.71. The van der Waals surface area contributed by atoms with Crippen molar-refractivity contribution in [3.05, 3.63) is 17.5 Å². The van der Waals surface area contributed by atoms with Gasteiger partial charge in [0.05, 0.1) is 11.3 Å². The van der Waals surface area contributed by atoms with Crippen LogP contribution in [0.4, 0.5) is 0 Å². The number of nitrogens with zero attached hydrogens (tertiary/aromatic N) is 2. The molecule has 0 radical (unpaired) electrons. The largest absolute Gasteiger partial charge is 0.351 e. The van der Waals surface area contributed by atoms with E-state index in [0.717, 1.165) is 12.2 Å². The molecule has 1 aromatic heterocycles. The Morgan fingerprint density at radius 1 is 1.71 bits per heavy atom. The van der Waals surface area contributed by atoms with Gasteiger partial charge in [0.15, 0.2) is 0 Å². The summed E-state index contributed by atoms with van der Waals surface area (Å²) in [5, 5.41) is 6.89. The average molecular weight is 196 g/mol. The van der Waals surface area contributed by atoms with Crippen LogP contribution in [0.1, 0.15) is 23.0 Å². The van der Waals surface area contributed by atoms with Gasteiger partial charge in [-0.15, -0.1) is 0 Å². The number of rotatable bonds is 4. The smallest absolute Gasteiger partial charge is 0.254 e. The minimum absolute atomic E-state index is 0.104. The minimum atomic E-state index is -0.104. The van der Waals surface area contributed by atoms with Gasteiger partial charge in [0.2, 0.25) is 0 Å². The summed E-state index contributed by atoms with van der Waals surface area (Å²) in [7, 11) is 0. The van der Waals surface area contributed by atoms with Crippen molar-refractivity contribution < 1.29 is 4.79 Å². The second-order valence-electron chi connectivity index (χ2n) is 3.03. The highest BCUT2D eigenvalue weighted by Gasteiger charge is 2.11. The molecule has 0 saturated heterocycles. The Morgan fingerprint density at radius 3 is 2.93 bits per heavy atom. The molecule has 0 unspecified atom stereocenters. The Balaban J connectivity index is 2.73. The Labute approximate surface area is 83.3 Å². The molecule has 1 rings (SSSR count). The van der Waals surface area contributed by atoms with Gasteiger partial charge in [-0.3, -0.25) is 9.48 Å². The monoisotopic (exact) mass is 196 g/mol. The van der Waals surface area contributed by atoms with Crippen LogP contribution in [0.2, 0.25) is 0 Å². The topological polar surface area (TPSA) is 72.9 Å². The van der Waals surface area contributed by atoms with E-state index < -0.39 is 0 Å². The summed E-state index contributed by atoms with van der Waals surface area (Å²) in [5.74, 6) is -0.104. The van der Waals surface area contributed by atoms with Gasteiger partial charge in [-0.25, -0.2) is 0 Å².